The number of hydrogen-bond acceptors (Lipinski definition) is 2. The number of rotatable bonds is 2. The number of amides is 1. The van der Waals surface area contributed by atoms with Crippen LogP contribution in [0, 0.1) is 12.7 Å². The molecule has 0 aliphatic heterocycles. The molecule has 6 heteroatoms. The Hall–Kier alpha value is -1.69. The van der Waals surface area contributed by atoms with Crippen molar-refractivity contribution in [1.82, 2.24) is 9.78 Å². The number of carbonyl (C=O) groups excluding carboxylic acids is 1. The minimum Gasteiger partial charge on any atom is -0.307 e. The lowest BCUT2D eigenvalue weighted by molar-refractivity contribution is 0.102. The Morgan fingerprint density at radius 3 is 2.83 bits per heavy atom. The van der Waals surface area contributed by atoms with Crippen LogP contribution in [0.3, 0.4) is 0 Å². The van der Waals surface area contributed by atoms with Gasteiger partial charge in [-0.25, -0.2) is 4.39 Å². The lowest BCUT2D eigenvalue weighted by Crippen LogP contribution is -2.15. The highest BCUT2D eigenvalue weighted by Gasteiger charge is 2.14. The van der Waals surface area contributed by atoms with Gasteiger partial charge in [-0.3, -0.25) is 9.48 Å². The molecule has 0 aliphatic rings. The number of halogens is 2. The Labute approximate surface area is 112 Å². The smallest absolute Gasteiger partial charge is 0.258 e. The van der Waals surface area contributed by atoms with Crippen LogP contribution in [0.15, 0.2) is 28.7 Å². The highest BCUT2D eigenvalue weighted by Crippen LogP contribution is 2.21. The molecule has 0 aliphatic carbocycles. The molecule has 4 nitrogen and oxygen atoms in total. The van der Waals surface area contributed by atoms with Gasteiger partial charge in [-0.1, -0.05) is 6.07 Å². The highest BCUT2D eigenvalue weighted by atomic mass is 79.9. The summed E-state index contributed by atoms with van der Waals surface area (Å²) in [5.74, 6) is -0.290. The van der Waals surface area contributed by atoms with E-state index < -0.39 is 5.82 Å². The number of aryl methyl sites for hydroxylation is 2. The molecule has 0 spiro atoms. The Kier molecular flexibility index (Phi) is 3.47. The van der Waals surface area contributed by atoms with Gasteiger partial charge in [0, 0.05) is 13.1 Å². The average molecular weight is 312 g/mol. The first-order valence-electron chi connectivity index (χ1n) is 5.25. The quantitative estimate of drug-likeness (QED) is 0.927. The predicted octanol–water partition coefficient (Wildman–Crippen LogP) is 2.88. The van der Waals surface area contributed by atoms with E-state index in [-0.39, 0.29) is 15.9 Å². The minimum absolute atomic E-state index is 0.154. The number of hydrogen-bond donors (Lipinski definition) is 1. The average Bonchev–Trinajstić information content (AvgIpc) is 2.61. The molecule has 1 aromatic heterocycles. The summed E-state index contributed by atoms with van der Waals surface area (Å²) in [5, 5.41) is 6.79. The van der Waals surface area contributed by atoms with Crippen molar-refractivity contribution in [2.24, 2.45) is 7.05 Å². The standard InChI is InChI=1S/C12H11BrFN3O/c1-7-6-10(17(2)16-7)15-12(18)8-4-3-5-9(14)11(8)13/h3-6H,1-2H3,(H,15,18). The zero-order chi connectivity index (χ0) is 13.3. The van der Waals surface area contributed by atoms with Crippen LogP contribution >= 0.6 is 15.9 Å². The van der Waals surface area contributed by atoms with Gasteiger partial charge in [0.25, 0.3) is 5.91 Å². The molecular formula is C12H11BrFN3O. The number of nitrogens with one attached hydrogen (secondary N) is 1. The third-order valence-corrected chi connectivity index (χ3v) is 3.25. The summed E-state index contributed by atoms with van der Waals surface area (Å²) in [7, 11) is 1.73. The van der Waals surface area contributed by atoms with Gasteiger partial charge < -0.3 is 5.32 Å². The molecule has 2 aromatic rings. The van der Waals surface area contributed by atoms with Crippen molar-refractivity contribution >= 4 is 27.7 Å². The van der Waals surface area contributed by atoms with Gasteiger partial charge in [-0.15, -0.1) is 0 Å². The van der Waals surface area contributed by atoms with Gasteiger partial charge in [0.15, 0.2) is 0 Å². The zero-order valence-electron chi connectivity index (χ0n) is 9.87. The first kappa shape index (κ1) is 12.8. The van der Waals surface area contributed by atoms with Crippen LogP contribution in [-0.4, -0.2) is 15.7 Å². The van der Waals surface area contributed by atoms with E-state index >= 15 is 0 Å². The lowest BCUT2D eigenvalue weighted by Gasteiger charge is -2.07. The number of aromatic nitrogens is 2. The van der Waals surface area contributed by atoms with E-state index in [1.165, 1.54) is 12.1 Å². The molecule has 1 aromatic carbocycles. The second kappa shape index (κ2) is 4.89. The van der Waals surface area contributed by atoms with Crippen LogP contribution in [-0.2, 0) is 7.05 Å². The maximum atomic E-state index is 13.3. The van der Waals surface area contributed by atoms with Crippen LogP contribution in [0.2, 0.25) is 0 Å². The molecule has 94 valence electrons. The fourth-order valence-corrected chi connectivity index (χ4v) is 2.03. The van der Waals surface area contributed by atoms with Crippen LogP contribution in [0.25, 0.3) is 0 Å². The molecule has 0 radical (unpaired) electrons. The first-order valence-corrected chi connectivity index (χ1v) is 6.04. The SMILES string of the molecule is Cc1cc(NC(=O)c2cccc(F)c2Br)n(C)n1. The second-order valence-corrected chi connectivity index (χ2v) is 4.64. The molecule has 0 bridgehead atoms. The molecule has 0 saturated heterocycles. The fourth-order valence-electron chi connectivity index (χ4n) is 1.59. The first-order chi connectivity index (χ1) is 8.49. The van der Waals surface area contributed by atoms with Crippen molar-refractivity contribution in [3.8, 4) is 0 Å². The van der Waals surface area contributed by atoms with Gasteiger partial charge in [-0.2, -0.15) is 5.10 Å². The van der Waals surface area contributed by atoms with Crippen molar-refractivity contribution in [3.05, 3.63) is 45.8 Å². The minimum atomic E-state index is -0.469. The molecule has 0 fully saturated rings. The van der Waals surface area contributed by atoms with E-state index in [2.05, 4.69) is 26.3 Å². The normalized spacial score (nSPS) is 10.4. The van der Waals surface area contributed by atoms with Crippen LogP contribution in [0.5, 0.6) is 0 Å². The Bertz CT molecular complexity index is 609. The molecule has 0 saturated carbocycles. The summed E-state index contributed by atoms with van der Waals surface area (Å²) in [6, 6.07) is 6.06. The largest absolute Gasteiger partial charge is 0.307 e. The topological polar surface area (TPSA) is 46.9 Å². The number of carbonyl (C=O) groups is 1. The third-order valence-electron chi connectivity index (χ3n) is 2.44. The van der Waals surface area contributed by atoms with Gasteiger partial charge in [0.1, 0.15) is 11.6 Å². The van der Waals surface area contributed by atoms with Gasteiger partial charge >= 0.3 is 0 Å². The Morgan fingerprint density at radius 2 is 2.22 bits per heavy atom. The Morgan fingerprint density at radius 1 is 1.50 bits per heavy atom. The maximum Gasteiger partial charge on any atom is 0.258 e. The molecule has 2 rings (SSSR count). The fraction of sp³-hybridized carbons (Fsp3) is 0.167. The van der Waals surface area contributed by atoms with Crippen molar-refractivity contribution in [3.63, 3.8) is 0 Å². The molecule has 18 heavy (non-hydrogen) atoms. The predicted molar refractivity (Wildman–Crippen MR) is 70.0 cm³/mol. The van der Waals surface area contributed by atoms with Gasteiger partial charge in [-0.05, 0) is 35.0 Å². The number of nitrogens with zero attached hydrogens (tertiary/aromatic N) is 2. The van der Waals surface area contributed by atoms with E-state index in [1.807, 2.05) is 6.92 Å². The van der Waals surface area contributed by atoms with Crippen LogP contribution < -0.4 is 5.32 Å². The summed E-state index contributed by atoms with van der Waals surface area (Å²) in [6.45, 7) is 1.83. The molecule has 1 amide bonds. The van der Waals surface area contributed by atoms with E-state index in [4.69, 9.17) is 0 Å². The highest BCUT2D eigenvalue weighted by molar-refractivity contribution is 9.10. The summed E-state index contributed by atoms with van der Waals surface area (Å²) in [4.78, 5) is 12.0. The van der Waals surface area contributed by atoms with Crippen molar-refractivity contribution in [2.75, 3.05) is 5.32 Å². The third kappa shape index (κ3) is 2.43. The second-order valence-electron chi connectivity index (χ2n) is 3.85. The molecule has 0 unspecified atom stereocenters. The maximum absolute atomic E-state index is 13.3. The summed E-state index contributed by atoms with van der Waals surface area (Å²) < 4.78 is 15.0. The molecule has 0 atom stereocenters. The van der Waals surface area contributed by atoms with Gasteiger partial charge in [0.2, 0.25) is 0 Å². The molecule has 1 heterocycles. The summed E-state index contributed by atoms with van der Waals surface area (Å²) >= 11 is 3.06. The van der Waals surface area contributed by atoms with Crippen molar-refractivity contribution < 1.29 is 9.18 Å². The van der Waals surface area contributed by atoms with Crippen molar-refractivity contribution in [2.45, 2.75) is 6.92 Å². The number of anilines is 1. The van der Waals surface area contributed by atoms with Crippen LogP contribution in [0.4, 0.5) is 10.2 Å². The molecular weight excluding hydrogens is 301 g/mol. The Balaban J connectivity index is 2.27. The van der Waals surface area contributed by atoms with Crippen LogP contribution in [0.1, 0.15) is 16.1 Å². The van der Waals surface area contributed by atoms with E-state index in [1.54, 1.807) is 23.9 Å². The van der Waals surface area contributed by atoms with E-state index in [9.17, 15) is 9.18 Å². The van der Waals surface area contributed by atoms with E-state index in [0.29, 0.717) is 5.82 Å². The summed E-state index contributed by atoms with van der Waals surface area (Å²) in [6.07, 6.45) is 0. The van der Waals surface area contributed by atoms with Gasteiger partial charge in [0.05, 0.1) is 15.7 Å². The van der Waals surface area contributed by atoms with Crippen molar-refractivity contribution in [1.29, 1.82) is 0 Å². The summed E-state index contributed by atoms with van der Waals surface area (Å²) in [5.41, 5.74) is 1.04. The van der Waals surface area contributed by atoms with E-state index in [0.717, 1.165) is 5.69 Å². The molecule has 1 N–H and O–H groups in total. The number of benzene rings is 1. The lowest BCUT2D eigenvalue weighted by atomic mass is 10.2. The monoisotopic (exact) mass is 311 g/mol. The zero-order valence-corrected chi connectivity index (χ0v) is 11.5.